The Bertz CT molecular complexity index is 606. The van der Waals surface area contributed by atoms with Gasteiger partial charge in [-0.3, -0.25) is 0 Å². The first-order chi connectivity index (χ1) is 19.8. The molecule has 0 aromatic rings. The molecule has 0 unspecified atom stereocenters. The van der Waals surface area contributed by atoms with Crippen molar-refractivity contribution in [1.82, 2.24) is 0 Å². The molecule has 0 saturated carbocycles. The zero-order chi connectivity index (χ0) is 29.0. The average Bonchev–Trinajstić information content (AvgIpc) is 2.96. The van der Waals surface area contributed by atoms with Crippen molar-refractivity contribution in [2.45, 2.75) is 187 Å². The highest BCUT2D eigenvalue weighted by molar-refractivity contribution is 4.93. The molecule has 0 aliphatic heterocycles. The summed E-state index contributed by atoms with van der Waals surface area (Å²) in [6, 6.07) is 0.210. The third-order valence-electron chi connectivity index (χ3n) is 7.69. The monoisotopic (exact) mass is 554 g/mol. The first-order valence-electron chi connectivity index (χ1n) is 17.5. The SMILES string of the molecule is CCCCC/C=C\C/C=C\CCCCCCCCC(CCCCCCCC/C=C\C/C=C\CCCCC)N=[N+]=[N-]. The van der Waals surface area contributed by atoms with E-state index in [0.29, 0.717) is 0 Å². The highest BCUT2D eigenvalue weighted by Crippen LogP contribution is 2.17. The maximum Gasteiger partial charge on any atom is 0.0374 e. The smallest absolute Gasteiger partial charge is 0.0374 e. The first-order valence-corrected chi connectivity index (χ1v) is 17.5. The summed E-state index contributed by atoms with van der Waals surface area (Å²) >= 11 is 0. The van der Waals surface area contributed by atoms with Gasteiger partial charge in [0.1, 0.15) is 0 Å². The Morgan fingerprint density at radius 2 is 0.775 bits per heavy atom. The summed E-state index contributed by atoms with van der Waals surface area (Å²) in [5, 5.41) is 4.09. The van der Waals surface area contributed by atoms with Crippen LogP contribution < -0.4 is 0 Å². The van der Waals surface area contributed by atoms with E-state index in [1.165, 1.54) is 141 Å². The Morgan fingerprint density at radius 3 is 1.12 bits per heavy atom. The van der Waals surface area contributed by atoms with Crippen LogP contribution in [-0.4, -0.2) is 6.04 Å². The molecule has 0 fully saturated rings. The Kier molecular flexibility index (Phi) is 33.8. The molecule has 0 amide bonds. The molecule has 0 saturated heterocycles. The van der Waals surface area contributed by atoms with Crippen LogP contribution in [0.1, 0.15) is 181 Å². The van der Waals surface area contributed by atoms with E-state index in [-0.39, 0.29) is 6.04 Å². The first kappa shape index (κ1) is 38.3. The van der Waals surface area contributed by atoms with Crippen molar-refractivity contribution < 1.29 is 0 Å². The lowest BCUT2D eigenvalue weighted by molar-refractivity contribution is 0.481. The molecule has 0 aliphatic carbocycles. The van der Waals surface area contributed by atoms with Gasteiger partial charge in [-0.15, -0.1) is 0 Å². The van der Waals surface area contributed by atoms with Crippen molar-refractivity contribution in [2.75, 3.05) is 0 Å². The summed E-state index contributed by atoms with van der Waals surface area (Å²) in [6.07, 6.45) is 51.4. The fourth-order valence-corrected chi connectivity index (χ4v) is 5.07. The van der Waals surface area contributed by atoms with Gasteiger partial charge in [-0.05, 0) is 82.6 Å². The third kappa shape index (κ3) is 32.5. The van der Waals surface area contributed by atoms with E-state index in [2.05, 4.69) is 72.5 Å². The Labute approximate surface area is 250 Å². The number of hydrogen-bond donors (Lipinski definition) is 0. The lowest BCUT2D eigenvalue weighted by Crippen LogP contribution is -2.03. The molecular weight excluding hydrogens is 486 g/mol. The topological polar surface area (TPSA) is 48.8 Å². The molecule has 3 heteroatoms. The van der Waals surface area contributed by atoms with E-state index in [9.17, 15) is 0 Å². The summed E-state index contributed by atoms with van der Waals surface area (Å²) in [6.45, 7) is 4.52. The normalized spacial score (nSPS) is 12.2. The minimum atomic E-state index is 0.210. The number of nitrogens with zero attached hydrogens (tertiary/aromatic N) is 3. The Morgan fingerprint density at radius 1 is 0.450 bits per heavy atom. The second kappa shape index (κ2) is 35.3. The highest BCUT2D eigenvalue weighted by Gasteiger charge is 2.06. The molecule has 3 nitrogen and oxygen atoms in total. The van der Waals surface area contributed by atoms with E-state index >= 15 is 0 Å². The van der Waals surface area contributed by atoms with Crippen LogP contribution in [0, 0.1) is 0 Å². The Balaban J connectivity index is 3.53. The van der Waals surface area contributed by atoms with Gasteiger partial charge >= 0.3 is 0 Å². The second-order valence-corrected chi connectivity index (χ2v) is 11.6. The number of allylic oxidation sites excluding steroid dienone is 8. The summed E-state index contributed by atoms with van der Waals surface area (Å²) in [4.78, 5) is 3.12. The lowest BCUT2D eigenvalue weighted by Gasteiger charge is -2.11. The fraction of sp³-hybridized carbons (Fsp3) is 0.784. The number of hydrogen-bond acceptors (Lipinski definition) is 1. The summed E-state index contributed by atoms with van der Waals surface area (Å²) < 4.78 is 0. The quantitative estimate of drug-likeness (QED) is 0.0269. The second-order valence-electron chi connectivity index (χ2n) is 11.6. The van der Waals surface area contributed by atoms with E-state index in [1.807, 2.05) is 0 Å². The van der Waals surface area contributed by atoms with Gasteiger partial charge in [0.05, 0.1) is 0 Å². The van der Waals surface area contributed by atoms with Gasteiger partial charge in [-0.2, -0.15) is 0 Å². The van der Waals surface area contributed by atoms with Gasteiger partial charge in [-0.1, -0.05) is 157 Å². The largest absolute Gasteiger partial charge is 0.0906 e. The van der Waals surface area contributed by atoms with Crippen LogP contribution in [0.25, 0.3) is 10.4 Å². The molecule has 0 aromatic heterocycles. The van der Waals surface area contributed by atoms with Gasteiger partial charge < -0.3 is 0 Å². The number of rotatable bonds is 31. The third-order valence-corrected chi connectivity index (χ3v) is 7.69. The van der Waals surface area contributed by atoms with Crippen LogP contribution in [0.4, 0.5) is 0 Å². The minimum absolute atomic E-state index is 0.210. The molecule has 0 heterocycles. The zero-order valence-electron chi connectivity index (χ0n) is 26.9. The molecule has 230 valence electrons. The van der Waals surface area contributed by atoms with Crippen molar-refractivity contribution in [1.29, 1.82) is 0 Å². The maximum absolute atomic E-state index is 8.95. The molecular formula is C37H67N3. The summed E-state index contributed by atoms with van der Waals surface area (Å²) in [7, 11) is 0. The molecule has 0 spiro atoms. The standard InChI is InChI=1S/C37H67N3/c1-3-5-7-9-11-13-15-17-19-21-23-25-27-29-31-33-35-37(39-40-38)36-34-32-30-28-26-24-22-20-18-16-14-12-10-8-6-4-2/h11-14,17-20,37H,3-10,15-16,21-36H2,1-2H3/b13-11-,14-12-,19-17-,20-18-. The average molecular weight is 554 g/mol. The molecule has 40 heavy (non-hydrogen) atoms. The van der Waals surface area contributed by atoms with Crippen molar-refractivity contribution in [3.63, 3.8) is 0 Å². The summed E-state index contributed by atoms with van der Waals surface area (Å²) in [5.41, 5.74) is 8.95. The van der Waals surface area contributed by atoms with Crippen molar-refractivity contribution in [3.05, 3.63) is 59.1 Å². The number of azide groups is 1. The predicted octanol–water partition coefficient (Wildman–Crippen LogP) is 14.1. The fourth-order valence-electron chi connectivity index (χ4n) is 5.07. The maximum atomic E-state index is 8.95. The number of unbranched alkanes of at least 4 members (excludes halogenated alkanes) is 18. The van der Waals surface area contributed by atoms with Gasteiger partial charge in [0, 0.05) is 11.0 Å². The van der Waals surface area contributed by atoms with Crippen molar-refractivity contribution in [3.8, 4) is 0 Å². The van der Waals surface area contributed by atoms with Crippen LogP contribution in [0.15, 0.2) is 53.7 Å². The minimum Gasteiger partial charge on any atom is -0.0906 e. The van der Waals surface area contributed by atoms with Crippen LogP contribution in [0.5, 0.6) is 0 Å². The molecule has 0 bridgehead atoms. The van der Waals surface area contributed by atoms with Crippen LogP contribution >= 0.6 is 0 Å². The van der Waals surface area contributed by atoms with E-state index in [1.54, 1.807) is 0 Å². The molecule has 0 atom stereocenters. The van der Waals surface area contributed by atoms with Crippen LogP contribution in [0.2, 0.25) is 0 Å². The molecule has 0 aliphatic rings. The lowest BCUT2D eigenvalue weighted by atomic mass is 10.0. The van der Waals surface area contributed by atoms with Crippen molar-refractivity contribution >= 4 is 0 Å². The van der Waals surface area contributed by atoms with E-state index in [4.69, 9.17) is 5.53 Å². The van der Waals surface area contributed by atoms with E-state index in [0.717, 1.165) is 25.7 Å². The highest BCUT2D eigenvalue weighted by atomic mass is 15.1. The van der Waals surface area contributed by atoms with Gasteiger partial charge in [0.15, 0.2) is 0 Å². The van der Waals surface area contributed by atoms with Gasteiger partial charge in [0.2, 0.25) is 0 Å². The molecule has 0 rings (SSSR count). The molecule has 0 aromatic carbocycles. The van der Waals surface area contributed by atoms with Crippen LogP contribution in [0.3, 0.4) is 0 Å². The summed E-state index contributed by atoms with van der Waals surface area (Å²) in [5.74, 6) is 0. The molecule has 0 N–H and O–H groups in total. The Hall–Kier alpha value is -1.73. The van der Waals surface area contributed by atoms with E-state index < -0.39 is 0 Å². The van der Waals surface area contributed by atoms with Crippen LogP contribution in [-0.2, 0) is 0 Å². The van der Waals surface area contributed by atoms with Gasteiger partial charge in [0.25, 0.3) is 0 Å². The zero-order valence-corrected chi connectivity index (χ0v) is 26.9. The molecule has 0 radical (unpaired) electrons. The predicted molar refractivity (Wildman–Crippen MR) is 181 cm³/mol. The van der Waals surface area contributed by atoms with Gasteiger partial charge in [-0.25, -0.2) is 0 Å². The van der Waals surface area contributed by atoms with Crippen molar-refractivity contribution in [2.24, 2.45) is 5.11 Å².